The summed E-state index contributed by atoms with van der Waals surface area (Å²) < 4.78 is 6.05. The van der Waals surface area contributed by atoms with Crippen LogP contribution in [0, 0.1) is 5.41 Å². The van der Waals surface area contributed by atoms with Crippen LogP contribution in [0.25, 0.3) is 5.57 Å². The van der Waals surface area contributed by atoms with E-state index in [1.807, 2.05) is 0 Å². The number of rotatable bonds is 8. The van der Waals surface area contributed by atoms with Gasteiger partial charge in [-0.2, -0.15) is 5.10 Å². The van der Waals surface area contributed by atoms with E-state index < -0.39 is 11.9 Å². The summed E-state index contributed by atoms with van der Waals surface area (Å²) in [5, 5.41) is 17.1. The first kappa shape index (κ1) is 20.1. The van der Waals surface area contributed by atoms with E-state index in [1.165, 1.54) is 24.1 Å². The van der Waals surface area contributed by atoms with Crippen molar-refractivity contribution in [2.45, 2.75) is 0 Å². The van der Waals surface area contributed by atoms with Crippen molar-refractivity contribution in [1.29, 1.82) is 5.41 Å². The van der Waals surface area contributed by atoms with Gasteiger partial charge in [-0.1, -0.05) is 6.07 Å². The van der Waals surface area contributed by atoms with Crippen molar-refractivity contribution >= 4 is 41.0 Å². The molecule has 0 saturated carbocycles. The molecule has 9 nitrogen and oxygen atoms in total. The fourth-order valence-corrected chi connectivity index (χ4v) is 2.27. The lowest BCUT2D eigenvalue weighted by molar-refractivity contribution is 0.0594. The molecule has 0 aliphatic heterocycles. The van der Waals surface area contributed by atoms with Crippen LogP contribution in [0.15, 0.2) is 30.6 Å². The molecule has 0 bridgehead atoms. The molecule has 0 aliphatic rings. The molecule has 2 aromatic rings. The molecule has 0 spiro atoms. The predicted octanol–water partition coefficient (Wildman–Crippen LogP) is 1.67. The number of carbonyl (C=O) groups is 2. The normalized spacial score (nSPS) is 11.0. The summed E-state index contributed by atoms with van der Waals surface area (Å²) in [6.07, 6.45) is 4.23. The van der Waals surface area contributed by atoms with Crippen molar-refractivity contribution in [2.75, 3.05) is 24.9 Å². The van der Waals surface area contributed by atoms with E-state index in [-0.39, 0.29) is 17.1 Å². The van der Waals surface area contributed by atoms with Gasteiger partial charge in [0.1, 0.15) is 5.69 Å². The maximum absolute atomic E-state index is 12.5. The lowest BCUT2D eigenvalue weighted by Gasteiger charge is -2.07. The van der Waals surface area contributed by atoms with Crippen LogP contribution in [0.2, 0.25) is 0 Å². The second-order valence-electron chi connectivity index (χ2n) is 5.31. The Morgan fingerprint density at radius 2 is 2.11 bits per heavy atom. The average Bonchev–Trinajstić information content (AvgIpc) is 3.04. The topological polar surface area (TPSA) is 122 Å². The van der Waals surface area contributed by atoms with Gasteiger partial charge in [-0.3, -0.25) is 9.48 Å². The third-order valence-corrected chi connectivity index (χ3v) is 3.57. The van der Waals surface area contributed by atoms with Gasteiger partial charge in [-0.15, -0.1) is 11.6 Å². The average molecular weight is 391 g/mol. The molecule has 3 N–H and O–H groups in total. The van der Waals surface area contributed by atoms with Crippen LogP contribution in [0.1, 0.15) is 26.7 Å². The van der Waals surface area contributed by atoms with Gasteiger partial charge < -0.3 is 20.8 Å². The first-order valence-electron chi connectivity index (χ1n) is 7.91. The van der Waals surface area contributed by atoms with Gasteiger partial charge >= 0.3 is 5.97 Å². The quantitative estimate of drug-likeness (QED) is 0.273. The number of aromatic nitrogens is 3. The molecule has 0 atom stereocenters. The second-order valence-corrected chi connectivity index (χ2v) is 5.68. The molecule has 0 radical (unpaired) electrons. The standard InChI is InChI=1S/C17H19ClN6O3/c1-24-10-14(15(23-24)17(26)27-2)22-16(25)13-5-3-4-12(21-13)11(8-19)9-20-7-6-18/h3-5,8-10,19-20H,6-7H2,1-2H3,(H,22,25)/b11-9+,19-8?. The zero-order chi connectivity index (χ0) is 19.8. The molecule has 0 aromatic carbocycles. The molecule has 1 amide bonds. The number of hydrogen-bond donors (Lipinski definition) is 3. The van der Waals surface area contributed by atoms with Crippen molar-refractivity contribution in [1.82, 2.24) is 20.1 Å². The Hall–Kier alpha value is -3.20. The van der Waals surface area contributed by atoms with Gasteiger partial charge in [-0.05, 0) is 12.1 Å². The van der Waals surface area contributed by atoms with Crippen molar-refractivity contribution in [3.63, 3.8) is 0 Å². The number of aryl methyl sites for hydroxylation is 1. The number of carbonyl (C=O) groups excluding carboxylic acids is 2. The lowest BCUT2D eigenvalue weighted by Crippen LogP contribution is -2.17. The zero-order valence-corrected chi connectivity index (χ0v) is 15.6. The van der Waals surface area contributed by atoms with E-state index in [0.717, 1.165) is 6.21 Å². The predicted molar refractivity (Wildman–Crippen MR) is 102 cm³/mol. The Balaban J connectivity index is 2.24. The van der Waals surface area contributed by atoms with E-state index in [0.29, 0.717) is 23.7 Å². The highest BCUT2D eigenvalue weighted by molar-refractivity contribution is 6.18. The third kappa shape index (κ3) is 5.14. The molecule has 0 aliphatic carbocycles. The highest BCUT2D eigenvalue weighted by atomic mass is 35.5. The number of ether oxygens (including phenoxy) is 1. The number of amides is 1. The van der Waals surface area contributed by atoms with Crippen molar-refractivity contribution in [3.05, 3.63) is 47.7 Å². The number of alkyl halides is 1. The summed E-state index contributed by atoms with van der Waals surface area (Å²) in [6, 6.07) is 4.86. The van der Waals surface area contributed by atoms with Crippen molar-refractivity contribution in [3.8, 4) is 0 Å². The summed E-state index contributed by atoms with van der Waals surface area (Å²) in [6.45, 7) is 0.538. The van der Waals surface area contributed by atoms with Gasteiger partial charge in [0.2, 0.25) is 0 Å². The molecule has 10 heteroatoms. The molecule has 0 fully saturated rings. The molecular weight excluding hydrogens is 372 g/mol. The molecular formula is C17H19ClN6O3. The van der Waals surface area contributed by atoms with E-state index in [9.17, 15) is 9.59 Å². The molecule has 142 valence electrons. The van der Waals surface area contributed by atoms with Gasteiger partial charge in [0.15, 0.2) is 5.69 Å². The maximum Gasteiger partial charge on any atom is 0.360 e. The Morgan fingerprint density at radius 3 is 2.78 bits per heavy atom. The summed E-state index contributed by atoms with van der Waals surface area (Å²) in [7, 11) is 2.85. The van der Waals surface area contributed by atoms with Crippen LogP contribution in [-0.4, -0.2) is 52.4 Å². The fourth-order valence-electron chi connectivity index (χ4n) is 2.16. The Labute approximate surface area is 160 Å². The Morgan fingerprint density at radius 1 is 1.37 bits per heavy atom. The van der Waals surface area contributed by atoms with Crippen LogP contribution < -0.4 is 10.6 Å². The van der Waals surface area contributed by atoms with Crippen LogP contribution >= 0.6 is 11.6 Å². The number of methoxy groups -OCH3 is 1. The number of hydrogen-bond acceptors (Lipinski definition) is 7. The number of halogens is 1. The second kappa shape index (κ2) is 9.48. The van der Waals surface area contributed by atoms with Gasteiger partial charge in [-0.25, -0.2) is 9.78 Å². The van der Waals surface area contributed by atoms with Gasteiger partial charge in [0.05, 0.1) is 18.5 Å². The SMILES string of the molecule is COC(=O)c1nn(C)cc1NC(=O)c1cccc(/C(C=N)=C/NCCCl)n1. The summed E-state index contributed by atoms with van der Waals surface area (Å²) in [4.78, 5) is 28.6. The summed E-state index contributed by atoms with van der Waals surface area (Å²) >= 11 is 5.61. The minimum absolute atomic E-state index is 0.00476. The van der Waals surface area contributed by atoms with E-state index >= 15 is 0 Å². The maximum atomic E-state index is 12.5. The number of nitrogens with zero attached hydrogens (tertiary/aromatic N) is 3. The third-order valence-electron chi connectivity index (χ3n) is 3.39. The number of nitrogens with one attached hydrogen (secondary N) is 3. The molecule has 2 rings (SSSR count). The molecule has 0 unspecified atom stereocenters. The highest BCUT2D eigenvalue weighted by Gasteiger charge is 2.19. The monoisotopic (exact) mass is 390 g/mol. The molecule has 2 aromatic heterocycles. The number of anilines is 1. The minimum atomic E-state index is -0.660. The van der Waals surface area contributed by atoms with Crippen LogP contribution in [-0.2, 0) is 11.8 Å². The Bertz CT molecular complexity index is 877. The van der Waals surface area contributed by atoms with Crippen LogP contribution in [0.4, 0.5) is 5.69 Å². The largest absolute Gasteiger partial charge is 0.464 e. The number of esters is 1. The van der Waals surface area contributed by atoms with E-state index in [1.54, 1.807) is 25.4 Å². The fraction of sp³-hybridized carbons (Fsp3) is 0.235. The number of pyridine rings is 1. The number of allylic oxidation sites excluding steroid dienone is 1. The molecule has 27 heavy (non-hydrogen) atoms. The molecule has 0 saturated heterocycles. The van der Waals surface area contributed by atoms with Gasteiger partial charge in [0, 0.05) is 43.7 Å². The van der Waals surface area contributed by atoms with Crippen LogP contribution in [0.5, 0.6) is 0 Å². The lowest BCUT2D eigenvalue weighted by atomic mass is 10.2. The smallest absolute Gasteiger partial charge is 0.360 e. The van der Waals surface area contributed by atoms with Gasteiger partial charge in [0.25, 0.3) is 5.91 Å². The zero-order valence-electron chi connectivity index (χ0n) is 14.8. The first-order valence-corrected chi connectivity index (χ1v) is 8.44. The van der Waals surface area contributed by atoms with Crippen molar-refractivity contribution in [2.24, 2.45) is 7.05 Å². The first-order chi connectivity index (χ1) is 13.0. The van der Waals surface area contributed by atoms with Crippen LogP contribution in [0.3, 0.4) is 0 Å². The minimum Gasteiger partial charge on any atom is -0.464 e. The van der Waals surface area contributed by atoms with E-state index in [4.69, 9.17) is 17.0 Å². The van der Waals surface area contributed by atoms with Crippen molar-refractivity contribution < 1.29 is 14.3 Å². The highest BCUT2D eigenvalue weighted by Crippen LogP contribution is 2.16. The molecule has 2 heterocycles. The summed E-state index contributed by atoms with van der Waals surface area (Å²) in [5.74, 6) is -0.759. The Kier molecular flexibility index (Phi) is 7.07. The van der Waals surface area contributed by atoms with E-state index in [2.05, 4.69) is 25.5 Å². The summed E-state index contributed by atoms with van der Waals surface area (Å²) in [5.41, 5.74) is 1.27.